The average molecular weight is 390 g/mol. The Hall–Kier alpha value is -4.62. The lowest BCUT2D eigenvalue weighted by Gasteiger charge is -2.04. The fraction of sp³-hybridized carbons (Fsp3) is 0.0323. The van der Waals surface area contributed by atoms with Crippen LogP contribution in [0.15, 0.2) is 119 Å². The summed E-state index contributed by atoms with van der Waals surface area (Å²) < 4.78 is 0. The molecule has 0 aromatic heterocycles. The first-order valence-electron chi connectivity index (χ1n) is 10.0. The van der Waals surface area contributed by atoms with E-state index >= 15 is 0 Å². The average Bonchev–Trinajstić information content (AvgIpc) is 3.14. The van der Waals surface area contributed by atoms with Gasteiger partial charge < -0.3 is 0 Å². The summed E-state index contributed by atoms with van der Waals surface area (Å²) in [5.41, 5.74) is 6.22. The van der Waals surface area contributed by atoms with E-state index in [0.29, 0.717) is 0 Å². The quantitative estimate of drug-likeness (QED) is 0.501. The molecule has 0 nitrogen and oxygen atoms in total. The number of hydrogen-bond donors (Lipinski definition) is 0. The van der Waals surface area contributed by atoms with Gasteiger partial charge in [-0.05, 0) is 77.7 Å². The fourth-order valence-corrected chi connectivity index (χ4v) is 3.12. The number of benzene rings is 2. The van der Waals surface area contributed by atoms with E-state index in [2.05, 4.69) is 59.5 Å². The zero-order valence-electron chi connectivity index (χ0n) is 16.9. The third-order valence-electron chi connectivity index (χ3n) is 4.67. The summed E-state index contributed by atoms with van der Waals surface area (Å²) >= 11 is 0. The van der Waals surface area contributed by atoms with Gasteiger partial charge in [-0.2, -0.15) is 0 Å². The van der Waals surface area contributed by atoms with E-state index in [0.717, 1.165) is 39.8 Å². The second-order valence-electron chi connectivity index (χ2n) is 6.84. The van der Waals surface area contributed by atoms with Crippen molar-refractivity contribution in [2.45, 2.75) is 6.42 Å². The smallest absolute Gasteiger partial charge is 0.0290 e. The van der Waals surface area contributed by atoms with E-state index in [4.69, 9.17) is 0 Å². The minimum Gasteiger partial charge on any atom is -0.0622 e. The zero-order chi connectivity index (χ0) is 21.1. The molecule has 31 heavy (non-hydrogen) atoms. The summed E-state index contributed by atoms with van der Waals surface area (Å²) in [4.78, 5) is 0. The predicted octanol–water partition coefficient (Wildman–Crippen LogP) is 5.78. The van der Waals surface area contributed by atoms with Gasteiger partial charge in [0.25, 0.3) is 0 Å². The van der Waals surface area contributed by atoms with Crippen LogP contribution < -0.4 is 0 Å². The summed E-state index contributed by atoms with van der Waals surface area (Å²) in [6.45, 7) is 0. The van der Waals surface area contributed by atoms with Gasteiger partial charge in [0.1, 0.15) is 0 Å². The van der Waals surface area contributed by atoms with Crippen LogP contribution >= 0.6 is 0 Å². The number of hydrogen-bond acceptors (Lipinski definition) is 0. The van der Waals surface area contributed by atoms with Gasteiger partial charge in [-0.1, -0.05) is 84.4 Å². The third kappa shape index (κ3) is 5.69. The van der Waals surface area contributed by atoms with Crippen LogP contribution in [0.3, 0.4) is 0 Å². The summed E-state index contributed by atoms with van der Waals surface area (Å²) in [5.74, 6) is 24.4. The van der Waals surface area contributed by atoms with Crippen molar-refractivity contribution in [3.8, 4) is 47.4 Å². The zero-order valence-corrected chi connectivity index (χ0v) is 16.9. The van der Waals surface area contributed by atoms with Crippen LogP contribution in [0.25, 0.3) is 0 Å². The van der Waals surface area contributed by atoms with Crippen LogP contribution in [0.5, 0.6) is 0 Å². The third-order valence-corrected chi connectivity index (χ3v) is 4.67. The normalized spacial score (nSPS) is 13.3. The molecule has 2 aliphatic carbocycles. The van der Waals surface area contributed by atoms with E-state index in [9.17, 15) is 0 Å². The Morgan fingerprint density at radius 3 is 1.81 bits per heavy atom. The minimum absolute atomic E-state index is 0.784. The first-order chi connectivity index (χ1) is 15.4. The van der Waals surface area contributed by atoms with Crippen molar-refractivity contribution in [3.63, 3.8) is 0 Å². The summed E-state index contributed by atoms with van der Waals surface area (Å²) in [5, 5.41) is 0. The Kier molecular flexibility index (Phi) is 6.50. The lowest BCUT2D eigenvalue weighted by atomic mass is 9.98. The topological polar surface area (TPSA) is 0 Å². The lowest BCUT2D eigenvalue weighted by Crippen LogP contribution is -1.89. The second kappa shape index (κ2) is 10.2. The summed E-state index contributed by atoms with van der Waals surface area (Å²) in [6, 6.07) is 19.8. The lowest BCUT2D eigenvalue weighted by molar-refractivity contribution is 1.19. The number of fused-ring (bicyclic) bond motifs is 2. The molecule has 2 aromatic rings. The largest absolute Gasteiger partial charge is 0.0622 e. The van der Waals surface area contributed by atoms with E-state index in [1.807, 2.05) is 85.0 Å². The van der Waals surface area contributed by atoms with Gasteiger partial charge in [-0.25, -0.2) is 0 Å². The van der Waals surface area contributed by atoms with Crippen LogP contribution in [0.1, 0.15) is 17.5 Å². The molecular weight excluding hydrogens is 372 g/mol. The van der Waals surface area contributed by atoms with Crippen LogP contribution in [-0.4, -0.2) is 0 Å². The van der Waals surface area contributed by atoms with Crippen molar-refractivity contribution in [1.29, 1.82) is 0 Å². The predicted molar refractivity (Wildman–Crippen MR) is 128 cm³/mol. The Morgan fingerprint density at radius 1 is 0.548 bits per heavy atom. The molecule has 0 spiro atoms. The highest BCUT2D eigenvalue weighted by Crippen LogP contribution is 2.28. The van der Waals surface area contributed by atoms with E-state index in [1.165, 1.54) is 0 Å². The van der Waals surface area contributed by atoms with E-state index in [-0.39, 0.29) is 0 Å². The van der Waals surface area contributed by atoms with Crippen molar-refractivity contribution >= 4 is 0 Å². The van der Waals surface area contributed by atoms with Crippen LogP contribution in [-0.2, 0) is 0 Å². The minimum atomic E-state index is 0.784. The molecular formula is C31H18. The van der Waals surface area contributed by atoms with Gasteiger partial charge in [-0.15, -0.1) is 0 Å². The molecule has 0 atom stereocenters. The van der Waals surface area contributed by atoms with Crippen molar-refractivity contribution in [3.05, 3.63) is 131 Å². The van der Waals surface area contributed by atoms with Crippen LogP contribution in [0.2, 0.25) is 0 Å². The van der Waals surface area contributed by atoms with Crippen molar-refractivity contribution in [2.75, 3.05) is 0 Å². The van der Waals surface area contributed by atoms with Gasteiger partial charge >= 0.3 is 0 Å². The molecule has 0 heterocycles. The molecule has 0 fully saturated rings. The van der Waals surface area contributed by atoms with E-state index in [1.54, 1.807) is 0 Å². The SMILES string of the molecule is C(C#Cc1ccccc1)#CC1=CC=CC2=C(C#CC#Cc3ccccc3)C=CC=C1C2. The first kappa shape index (κ1) is 19.7. The highest BCUT2D eigenvalue weighted by molar-refractivity contribution is 5.61. The fourth-order valence-electron chi connectivity index (χ4n) is 3.12. The van der Waals surface area contributed by atoms with Gasteiger partial charge in [-0.3, -0.25) is 0 Å². The first-order valence-corrected chi connectivity index (χ1v) is 10.0. The number of allylic oxidation sites excluding steroid dienone is 10. The maximum absolute atomic E-state index is 3.20. The second-order valence-corrected chi connectivity index (χ2v) is 6.84. The number of rotatable bonds is 0. The Bertz CT molecular complexity index is 1370. The molecule has 0 saturated carbocycles. The molecule has 2 bridgehead atoms. The standard InChI is InChI=1S/C31H18/c1-3-13-26(14-4-1)17-7-9-19-28-21-11-24-31-25-30(28)23-12-22-29(31)20-10-8-18-27-15-5-2-6-16-27/h1-6,11-16,21-24H,25H2. The molecule has 0 saturated heterocycles. The maximum Gasteiger partial charge on any atom is 0.0290 e. The van der Waals surface area contributed by atoms with Crippen molar-refractivity contribution in [1.82, 2.24) is 0 Å². The monoisotopic (exact) mass is 390 g/mol. The maximum atomic E-state index is 3.20. The molecule has 0 N–H and O–H groups in total. The molecule has 4 rings (SSSR count). The molecule has 0 aliphatic heterocycles. The van der Waals surface area contributed by atoms with Gasteiger partial charge in [0.15, 0.2) is 0 Å². The Labute approximate surface area is 184 Å². The molecule has 0 radical (unpaired) electrons. The Balaban J connectivity index is 1.50. The highest BCUT2D eigenvalue weighted by atomic mass is 14.1. The van der Waals surface area contributed by atoms with Crippen LogP contribution in [0, 0.1) is 47.4 Å². The van der Waals surface area contributed by atoms with Crippen molar-refractivity contribution in [2.24, 2.45) is 0 Å². The molecule has 0 heteroatoms. The highest BCUT2D eigenvalue weighted by Gasteiger charge is 2.11. The van der Waals surface area contributed by atoms with Crippen LogP contribution in [0.4, 0.5) is 0 Å². The van der Waals surface area contributed by atoms with Gasteiger partial charge in [0, 0.05) is 22.3 Å². The van der Waals surface area contributed by atoms with Gasteiger partial charge in [0.05, 0.1) is 0 Å². The summed E-state index contributed by atoms with van der Waals surface area (Å²) in [7, 11) is 0. The molecule has 0 unspecified atom stereocenters. The molecule has 2 aliphatic rings. The summed E-state index contributed by atoms with van der Waals surface area (Å²) in [6.07, 6.45) is 13.1. The molecule has 0 amide bonds. The van der Waals surface area contributed by atoms with Crippen molar-refractivity contribution < 1.29 is 0 Å². The molecule has 2 aromatic carbocycles. The van der Waals surface area contributed by atoms with Gasteiger partial charge in [0.2, 0.25) is 0 Å². The molecule has 142 valence electrons. The Morgan fingerprint density at radius 2 is 1.13 bits per heavy atom. The van der Waals surface area contributed by atoms with E-state index < -0.39 is 0 Å².